The molecule has 502 valence electrons. The molecule has 0 saturated carbocycles. The molecule has 7 aromatic carbocycles. The molecule has 1 heterocycles. The average molecular weight is 1230 g/mol. The summed E-state index contributed by atoms with van der Waals surface area (Å²) in [6.07, 6.45) is 10.4. The summed E-state index contributed by atoms with van der Waals surface area (Å²) in [5.74, 6) is 10.9. The van der Waals surface area contributed by atoms with Crippen LogP contribution in [0.15, 0.2) is 158 Å². The molecule has 1 atom stereocenters. The fourth-order valence-corrected chi connectivity index (χ4v) is 9.50. The molecule has 8 rings (SSSR count). The Bertz CT molecular complexity index is 2910. The van der Waals surface area contributed by atoms with Crippen LogP contribution in [-0.2, 0) is 32.1 Å². The molecular weight excluding hydrogens is 1090 g/mol. The molecule has 1 unspecified atom stereocenters. The third-order valence-corrected chi connectivity index (χ3v) is 16.4. The number of hydrogen-bond donors (Lipinski definition) is 2. The van der Waals surface area contributed by atoms with Crippen LogP contribution in [0.4, 0.5) is 0 Å². The van der Waals surface area contributed by atoms with Gasteiger partial charge in [-0.2, -0.15) is 0 Å². The molecule has 2 heteroatoms. The number of phenols is 1. The number of para-hydroxylation sites is 2. The standard InChI is InChI=1S/C18H18.C12H15N.C11H16O.C11H16.C10H14.2C7H16.2C6H14/c1-13(2)11-18-16-9-5-3-7-14(16)12-15-8-4-6-10-17(15)18;1-9(2)7-10-8-13-12-6-4-3-5-11(10)12;1-8(2)7-10-6-4-5-9(3)11(10)12;1-9(2)8-11-6-4-10(3)5-7-11;1-9(2)8-10-6-4-3-5-7-10;1-6(2)5-7(3)4;1-5-7(4)6(2)3;2*1-5(2)6(3)4/h3-10,12-13H,11H2,1-2H3;3-6,8-9,13H,7H2,1-2H3;4-6,8,12H,7H2,1-3H3;4-7,9H,8H2,1-3H3;3-7,9H,8H2,1-2H3;2*6-7H,5H2,1-4H3;2*5-6H,1-4H3. The van der Waals surface area contributed by atoms with Crippen LogP contribution >= 0.6 is 0 Å². The zero-order valence-corrected chi connectivity index (χ0v) is 63.4. The third-order valence-electron chi connectivity index (χ3n) is 16.4. The highest BCUT2D eigenvalue weighted by Crippen LogP contribution is 2.31. The van der Waals surface area contributed by atoms with Gasteiger partial charge in [0.25, 0.3) is 0 Å². The predicted molar refractivity (Wildman–Crippen MR) is 411 cm³/mol. The lowest BCUT2D eigenvalue weighted by atomic mass is 9.91. The van der Waals surface area contributed by atoms with Crippen LogP contribution in [0.3, 0.4) is 0 Å². The zero-order valence-electron chi connectivity index (χ0n) is 63.4. The Balaban J connectivity index is 0.00000102. The van der Waals surface area contributed by atoms with Gasteiger partial charge in [0.15, 0.2) is 0 Å². The van der Waals surface area contributed by atoms with Crippen molar-refractivity contribution in [3.05, 3.63) is 197 Å². The van der Waals surface area contributed by atoms with Gasteiger partial charge in [0.2, 0.25) is 0 Å². The zero-order chi connectivity index (χ0) is 68.6. The normalized spacial score (nSPS) is 11.3. The first kappa shape index (κ1) is 84.4. The van der Waals surface area contributed by atoms with Gasteiger partial charge >= 0.3 is 0 Å². The number of aryl methyl sites for hydroxylation is 2. The maximum absolute atomic E-state index is 9.65. The summed E-state index contributed by atoms with van der Waals surface area (Å²) in [6, 6.07) is 53.5. The average Bonchev–Trinajstić information content (AvgIpc) is 2.75. The van der Waals surface area contributed by atoms with Crippen LogP contribution in [0, 0.1) is 90.8 Å². The molecule has 2 nitrogen and oxygen atoms in total. The summed E-state index contributed by atoms with van der Waals surface area (Å²) in [4.78, 5) is 3.29. The fraction of sp³-hybridized carbons (Fsp3) is 0.545. The Morgan fingerprint density at radius 1 is 0.344 bits per heavy atom. The van der Waals surface area contributed by atoms with E-state index >= 15 is 0 Å². The van der Waals surface area contributed by atoms with E-state index in [9.17, 15) is 5.11 Å². The van der Waals surface area contributed by atoms with Crippen LogP contribution in [0.5, 0.6) is 5.75 Å². The number of aromatic amines is 1. The summed E-state index contributed by atoms with van der Waals surface area (Å²) >= 11 is 0. The van der Waals surface area contributed by atoms with Crippen LogP contribution in [0.2, 0.25) is 0 Å². The topological polar surface area (TPSA) is 36.0 Å². The summed E-state index contributed by atoms with van der Waals surface area (Å²) in [5, 5.41) is 16.5. The minimum absolute atomic E-state index is 0.464. The van der Waals surface area contributed by atoms with E-state index < -0.39 is 0 Å². The minimum Gasteiger partial charge on any atom is -0.507 e. The number of aromatic hydroxyl groups is 1. The summed E-state index contributed by atoms with van der Waals surface area (Å²) in [6.45, 7) is 62.5. The van der Waals surface area contributed by atoms with Crippen molar-refractivity contribution in [1.82, 2.24) is 4.98 Å². The number of aromatic nitrogens is 1. The Morgan fingerprint density at radius 3 is 1.11 bits per heavy atom. The second-order valence-corrected chi connectivity index (χ2v) is 30.3. The molecule has 0 spiro atoms. The van der Waals surface area contributed by atoms with E-state index in [2.05, 4.69) is 332 Å². The van der Waals surface area contributed by atoms with Gasteiger partial charge in [0.05, 0.1) is 0 Å². The third kappa shape index (κ3) is 38.9. The van der Waals surface area contributed by atoms with E-state index in [1.165, 1.54) is 85.9 Å². The lowest BCUT2D eigenvalue weighted by Crippen LogP contribution is -2.00. The molecular formula is C88H139NO. The molecule has 0 saturated heterocycles. The van der Waals surface area contributed by atoms with Crippen LogP contribution in [0.1, 0.15) is 232 Å². The van der Waals surface area contributed by atoms with E-state index in [1.54, 1.807) is 0 Å². The quantitative estimate of drug-likeness (QED) is 0.0930. The van der Waals surface area contributed by atoms with Crippen LogP contribution in [0.25, 0.3) is 32.4 Å². The van der Waals surface area contributed by atoms with E-state index in [0.29, 0.717) is 17.6 Å². The van der Waals surface area contributed by atoms with E-state index in [0.717, 1.165) is 95.5 Å². The lowest BCUT2D eigenvalue weighted by Gasteiger charge is -2.13. The maximum Gasteiger partial charge on any atom is 0.121 e. The van der Waals surface area contributed by atoms with Crippen molar-refractivity contribution in [2.24, 2.45) is 76.9 Å². The van der Waals surface area contributed by atoms with Gasteiger partial charge in [0.1, 0.15) is 5.75 Å². The summed E-state index contributed by atoms with van der Waals surface area (Å²) in [7, 11) is 0. The van der Waals surface area contributed by atoms with E-state index in [4.69, 9.17) is 0 Å². The molecule has 0 radical (unpaired) electrons. The fourth-order valence-electron chi connectivity index (χ4n) is 9.50. The van der Waals surface area contributed by atoms with Crippen molar-refractivity contribution >= 4 is 32.4 Å². The molecule has 0 amide bonds. The molecule has 2 N–H and O–H groups in total. The van der Waals surface area contributed by atoms with Gasteiger partial charge in [-0.1, -0.05) is 332 Å². The highest BCUT2D eigenvalue weighted by atomic mass is 16.3. The molecule has 0 fully saturated rings. The van der Waals surface area contributed by atoms with Crippen molar-refractivity contribution in [3.8, 4) is 5.75 Å². The van der Waals surface area contributed by atoms with Crippen LogP contribution < -0.4 is 0 Å². The second kappa shape index (κ2) is 47.3. The minimum atomic E-state index is 0.464. The van der Waals surface area contributed by atoms with E-state index in [1.807, 2.05) is 25.1 Å². The second-order valence-electron chi connectivity index (χ2n) is 30.3. The number of fused-ring (bicyclic) bond motifs is 3. The highest BCUT2D eigenvalue weighted by Gasteiger charge is 2.10. The van der Waals surface area contributed by atoms with Gasteiger partial charge in [-0.25, -0.2) is 0 Å². The Labute approximate surface area is 557 Å². The number of phenolic OH excluding ortho intramolecular Hbond substituents is 1. The molecule has 8 aromatic rings. The van der Waals surface area contributed by atoms with Crippen molar-refractivity contribution in [2.75, 3.05) is 0 Å². The molecule has 0 aliphatic rings. The predicted octanol–water partition coefficient (Wildman–Crippen LogP) is 27.5. The van der Waals surface area contributed by atoms with Crippen molar-refractivity contribution in [3.63, 3.8) is 0 Å². The number of rotatable bonds is 16. The summed E-state index contributed by atoms with van der Waals surface area (Å²) in [5.41, 5.74) is 10.4. The first-order valence-electron chi connectivity index (χ1n) is 35.5. The van der Waals surface area contributed by atoms with Gasteiger partial charge in [-0.05, 0) is 196 Å². The van der Waals surface area contributed by atoms with Crippen molar-refractivity contribution in [2.45, 2.75) is 239 Å². The highest BCUT2D eigenvalue weighted by molar-refractivity contribution is 6.02. The first-order chi connectivity index (χ1) is 42.2. The van der Waals surface area contributed by atoms with Crippen LogP contribution in [-0.4, -0.2) is 10.1 Å². The number of H-pyrrole nitrogens is 1. The Morgan fingerprint density at radius 2 is 0.733 bits per heavy atom. The van der Waals surface area contributed by atoms with Crippen molar-refractivity contribution < 1.29 is 5.11 Å². The van der Waals surface area contributed by atoms with Gasteiger partial charge in [0, 0.05) is 17.1 Å². The number of nitrogens with one attached hydrogen (secondary N) is 1. The smallest absolute Gasteiger partial charge is 0.121 e. The summed E-state index contributed by atoms with van der Waals surface area (Å²) < 4.78 is 0. The maximum atomic E-state index is 9.65. The van der Waals surface area contributed by atoms with Gasteiger partial charge in [-0.3, -0.25) is 0 Å². The Hall–Kier alpha value is -5.60. The lowest BCUT2D eigenvalue weighted by molar-refractivity contribution is 0.407. The number of benzene rings is 7. The van der Waals surface area contributed by atoms with E-state index in [-0.39, 0.29) is 0 Å². The van der Waals surface area contributed by atoms with Crippen molar-refractivity contribution in [1.29, 1.82) is 0 Å². The largest absolute Gasteiger partial charge is 0.507 e. The first-order valence-corrected chi connectivity index (χ1v) is 35.5. The molecule has 1 aromatic heterocycles. The monoisotopic (exact) mass is 1230 g/mol. The molecule has 90 heavy (non-hydrogen) atoms. The molecule has 0 aliphatic heterocycles. The number of hydrogen-bond acceptors (Lipinski definition) is 1. The molecule has 0 bridgehead atoms. The Kier molecular flexibility index (Phi) is 44.4. The SMILES string of the molecule is CC(C)C(C)C.CC(C)C(C)C.CC(C)CC(C)C.CC(C)Cc1c2ccccc2cc2ccccc12.CC(C)Cc1c[nH]c2ccccc12.CC(C)Cc1ccccc1.CCC(C)C(C)C.Cc1ccc(CC(C)C)cc1.Cc1cccc(CC(C)C)c1O. The van der Waals surface area contributed by atoms with Gasteiger partial charge < -0.3 is 10.1 Å². The molecule has 0 aliphatic carbocycles. The van der Waals surface area contributed by atoms with Gasteiger partial charge in [-0.15, -0.1) is 0 Å².